The van der Waals surface area contributed by atoms with Crippen LogP contribution in [-0.4, -0.2) is 35.1 Å². The van der Waals surface area contributed by atoms with Crippen molar-refractivity contribution in [2.45, 2.75) is 32.8 Å². The summed E-state index contributed by atoms with van der Waals surface area (Å²) in [5.41, 5.74) is 1.19. The fraction of sp³-hybridized carbons (Fsp3) is 0.583. The zero-order valence-corrected chi connectivity index (χ0v) is 10.5. The van der Waals surface area contributed by atoms with E-state index in [4.69, 9.17) is 0 Å². The molecule has 88 valence electrons. The number of amides is 1. The molecule has 3 nitrogen and oxygen atoms in total. The number of piperidine rings is 1. The Balaban J connectivity index is 2.07. The van der Waals surface area contributed by atoms with Gasteiger partial charge in [0, 0.05) is 18.0 Å². The summed E-state index contributed by atoms with van der Waals surface area (Å²) in [5.74, 6) is 0.119. The average Bonchev–Trinajstić information content (AvgIpc) is 2.59. The van der Waals surface area contributed by atoms with Crippen molar-refractivity contribution in [3.63, 3.8) is 0 Å². The Bertz CT molecular complexity index is 372. The highest BCUT2D eigenvalue weighted by Crippen LogP contribution is 2.23. The number of carbonyl (C=O) groups is 1. The van der Waals surface area contributed by atoms with Crippen molar-refractivity contribution in [3.8, 4) is 0 Å². The Kier molecular flexibility index (Phi) is 3.30. The third-order valence-electron chi connectivity index (χ3n) is 3.13. The van der Waals surface area contributed by atoms with Crippen molar-refractivity contribution in [3.05, 3.63) is 21.4 Å². The topological polar surface area (TPSA) is 40.5 Å². The van der Waals surface area contributed by atoms with E-state index < -0.39 is 0 Å². The summed E-state index contributed by atoms with van der Waals surface area (Å²) < 4.78 is 0. The lowest BCUT2D eigenvalue weighted by Gasteiger charge is -2.29. The van der Waals surface area contributed by atoms with E-state index >= 15 is 0 Å². The first-order valence-corrected chi connectivity index (χ1v) is 6.44. The zero-order valence-electron chi connectivity index (χ0n) is 9.69. The second-order valence-electron chi connectivity index (χ2n) is 4.37. The summed E-state index contributed by atoms with van der Waals surface area (Å²) >= 11 is 1.56. The lowest BCUT2D eigenvalue weighted by Crippen LogP contribution is -2.39. The maximum atomic E-state index is 12.1. The van der Waals surface area contributed by atoms with Crippen LogP contribution in [0.5, 0.6) is 0 Å². The second kappa shape index (κ2) is 4.55. The van der Waals surface area contributed by atoms with E-state index in [1.54, 1.807) is 11.3 Å². The molecule has 16 heavy (non-hydrogen) atoms. The number of aryl methyl sites for hydroxylation is 2. The van der Waals surface area contributed by atoms with Gasteiger partial charge in [0.2, 0.25) is 0 Å². The van der Waals surface area contributed by atoms with E-state index in [0.717, 1.165) is 4.88 Å². The molecule has 1 aliphatic rings. The number of rotatable bonds is 1. The highest BCUT2D eigenvalue weighted by molar-refractivity contribution is 7.14. The molecule has 0 saturated carbocycles. The molecule has 0 aliphatic carbocycles. The largest absolute Gasteiger partial charge is 0.393 e. The van der Waals surface area contributed by atoms with Crippen LogP contribution in [0.25, 0.3) is 0 Å². The van der Waals surface area contributed by atoms with Crippen molar-refractivity contribution >= 4 is 17.2 Å². The number of thiophene rings is 1. The molecule has 1 N–H and O–H groups in total. The predicted octanol–water partition coefficient (Wildman–Crippen LogP) is 1.96. The fourth-order valence-corrected chi connectivity index (χ4v) is 2.91. The first kappa shape index (κ1) is 11.6. The molecular formula is C12H17NO2S. The molecule has 0 radical (unpaired) electrons. The van der Waals surface area contributed by atoms with Crippen molar-refractivity contribution < 1.29 is 9.90 Å². The van der Waals surface area contributed by atoms with Gasteiger partial charge in [0.15, 0.2) is 0 Å². The number of likely N-dealkylation sites (tertiary alicyclic amines) is 1. The van der Waals surface area contributed by atoms with Crippen molar-refractivity contribution in [2.24, 2.45) is 0 Å². The summed E-state index contributed by atoms with van der Waals surface area (Å²) in [7, 11) is 0. The second-order valence-corrected chi connectivity index (χ2v) is 5.63. The number of hydrogen-bond donors (Lipinski definition) is 1. The minimum Gasteiger partial charge on any atom is -0.393 e. The smallest absolute Gasteiger partial charge is 0.263 e. The van der Waals surface area contributed by atoms with Gasteiger partial charge >= 0.3 is 0 Å². The normalized spacial score (nSPS) is 17.8. The van der Waals surface area contributed by atoms with E-state index in [0.29, 0.717) is 25.9 Å². The Hall–Kier alpha value is -0.870. The third kappa shape index (κ3) is 2.28. The molecule has 0 aromatic carbocycles. The molecule has 2 rings (SSSR count). The molecule has 0 bridgehead atoms. The van der Waals surface area contributed by atoms with Crippen molar-refractivity contribution in [1.82, 2.24) is 4.90 Å². The molecule has 1 aromatic rings. The fourth-order valence-electron chi connectivity index (χ4n) is 1.90. The molecule has 1 aromatic heterocycles. The van der Waals surface area contributed by atoms with E-state index in [1.165, 1.54) is 10.4 Å². The third-order valence-corrected chi connectivity index (χ3v) is 4.27. The monoisotopic (exact) mass is 239 g/mol. The summed E-state index contributed by atoms with van der Waals surface area (Å²) in [4.78, 5) is 16.0. The van der Waals surface area contributed by atoms with Crippen LogP contribution in [-0.2, 0) is 0 Å². The number of carbonyl (C=O) groups excluding carboxylic acids is 1. The Labute approximate surface area is 99.7 Å². The molecule has 0 spiro atoms. The molecule has 1 aliphatic heterocycles. The number of nitrogens with zero attached hydrogens (tertiary/aromatic N) is 1. The Morgan fingerprint density at radius 1 is 1.44 bits per heavy atom. The maximum Gasteiger partial charge on any atom is 0.263 e. The first-order chi connectivity index (χ1) is 7.58. The lowest BCUT2D eigenvalue weighted by atomic mass is 10.1. The molecule has 2 heterocycles. The van der Waals surface area contributed by atoms with E-state index in [2.05, 4.69) is 0 Å². The Morgan fingerprint density at radius 2 is 2.06 bits per heavy atom. The van der Waals surface area contributed by atoms with Crippen LogP contribution in [0, 0.1) is 13.8 Å². The summed E-state index contributed by atoms with van der Waals surface area (Å²) in [6.45, 7) is 5.42. The van der Waals surface area contributed by atoms with E-state index in [-0.39, 0.29) is 12.0 Å². The quantitative estimate of drug-likeness (QED) is 0.814. The lowest BCUT2D eigenvalue weighted by molar-refractivity contribution is 0.0550. The average molecular weight is 239 g/mol. The van der Waals surface area contributed by atoms with Gasteiger partial charge in [0.05, 0.1) is 11.0 Å². The van der Waals surface area contributed by atoms with Crippen molar-refractivity contribution in [2.75, 3.05) is 13.1 Å². The van der Waals surface area contributed by atoms with E-state index in [1.807, 2.05) is 24.8 Å². The summed E-state index contributed by atoms with van der Waals surface area (Å²) in [6.07, 6.45) is 1.18. The Morgan fingerprint density at radius 3 is 2.56 bits per heavy atom. The molecule has 0 atom stereocenters. The molecule has 1 saturated heterocycles. The van der Waals surface area contributed by atoms with Crippen LogP contribution < -0.4 is 0 Å². The highest BCUT2D eigenvalue weighted by Gasteiger charge is 2.23. The number of aliphatic hydroxyl groups is 1. The predicted molar refractivity (Wildman–Crippen MR) is 64.9 cm³/mol. The molecule has 4 heteroatoms. The van der Waals surface area contributed by atoms with Gasteiger partial charge in [-0.05, 0) is 38.3 Å². The van der Waals surface area contributed by atoms with Gasteiger partial charge in [-0.3, -0.25) is 4.79 Å². The van der Waals surface area contributed by atoms with Crippen LogP contribution in [0.4, 0.5) is 0 Å². The van der Waals surface area contributed by atoms with Crippen LogP contribution in [0.3, 0.4) is 0 Å². The maximum absolute atomic E-state index is 12.1. The van der Waals surface area contributed by atoms with Gasteiger partial charge in [-0.25, -0.2) is 0 Å². The minimum absolute atomic E-state index is 0.119. The van der Waals surface area contributed by atoms with Gasteiger partial charge in [0.1, 0.15) is 0 Å². The summed E-state index contributed by atoms with van der Waals surface area (Å²) in [5, 5.41) is 9.39. The molecule has 0 unspecified atom stereocenters. The molecule has 1 amide bonds. The van der Waals surface area contributed by atoms with Gasteiger partial charge < -0.3 is 10.0 Å². The molecule has 1 fully saturated rings. The van der Waals surface area contributed by atoms with Gasteiger partial charge in [0.25, 0.3) is 5.91 Å². The summed E-state index contributed by atoms with van der Waals surface area (Å²) in [6, 6.07) is 1.97. The standard InChI is InChI=1S/C12H17NO2S/c1-8-7-11(16-9(8)2)12(15)13-5-3-10(14)4-6-13/h7,10,14H,3-6H2,1-2H3. The van der Waals surface area contributed by atoms with Gasteiger partial charge in [-0.15, -0.1) is 11.3 Å². The van der Waals surface area contributed by atoms with Crippen LogP contribution in [0.2, 0.25) is 0 Å². The number of aliphatic hydroxyl groups excluding tert-OH is 1. The van der Waals surface area contributed by atoms with Gasteiger partial charge in [-0.2, -0.15) is 0 Å². The van der Waals surface area contributed by atoms with Crippen molar-refractivity contribution in [1.29, 1.82) is 0 Å². The highest BCUT2D eigenvalue weighted by atomic mass is 32.1. The van der Waals surface area contributed by atoms with Crippen LogP contribution in [0.15, 0.2) is 6.07 Å². The molecular weight excluding hydrogens is 222 g/mol. The number of hydrogen-bond acceptors (Lipinski definition) is 3. The van der Waals surface area contributed by atoms with Gasteiger partial charge in [-0.1, -0.05) is 0 Å². The van der Waals surface area contributed by atoms with Crippen LogP contribution in [0.1, 0.15) is 33.0 Å². The SMILES string of the molecule is Cc1cc(C(=O)N2CCC(O)CC2)sc1C. The minimum atomic E-state index is -0.226. The van der Waals surface area contributed by atoms with Crippen LogP contribution >= 0.6 is 11.3 Å². The first-order valence-electron chi connectivity index (χ1n) is 5.62. The zero-order chi connectivity index (χ0) is 11.7. The van der Waals surface area contributed by atoms with E-state index in [9.17, 15) is 9.90 Å².